The van der Waals surface area contributed by atoms with Crippen molar-refractivity contribution in [1.29, 1.82) is 5.26 Å². The molecule has 1 atom stereocenters. The van der Waals surface area contributed by atoms with E-state index in [1.807, 2.05) is 30.9 Å². The van der Waals surface area contributed by atoms with E-state index in [2.05, 4.69) is 12.1 Å². The van der Waals surface area contributed by atoms with E-state index in [1.165, 1.54) is 0 Å². The third-order valence-electron chi connectivity index (χ3n) is 5.39. The molecular formula is C24H26ClN3O2S. The van der Waals surface area contributed by atoms with Crippen molar-refractivity contribution < 1.29 is 9.90 Å². The van der Waals surface area contributed by atoms with Crippen molar-refractivity contribution in [2.75, 3.05) is 11.5 Å². The van der Waals surface area contributed by atoms with E-state index in [4.69, 9.17) is 22.4 Å². The van der Waals surface area contributed by atoms with Gasteiger partial charge in [-0.1, -0.05) is 11.6 Å². The Hall–Kier alpha value is -2.59. The monoisotopic (exact) mass is 455 g/mol. The highest BCUT2D eigenvalue weighted by molar-refractivity contribution is 7.12. The lowest BCUT2D eigenvalue weighted by Gasteiger charge is -2.39. The maximum Gasteiger partial charge on any atom is 0.161 e. The fraction of sp³-hybridized carbons (Fsp3) is 0.333. The summed E-state index contributed by atoms with van der Waals surface area (Å²) < 4.78 is 0. The molecule has 1 unspecified atom stereocenters. The molecular weight excluding hydrogens is 430 g/mol. The van der Waals surface area contributed by atoms with Gasteiger partial charge in [-0.15, -0.1) is 11.3 Å². The number of anilines is 1. The van der Waals surface area contributed by atoms with Crippen molar-refractivity contribution in [3.63, 3.8) is 0 Å². The number of carbonyl (C=O) groups excluding carboxylic acids is 1. The molecule has 0 saturated heterocycles. The Bertz CT molecular complexity index is 1090. The number of rotatable bonds is 2. The highest BCUT2D eigenvalue weighted by atomic mass is 35.5. The van der Waals surface area contributed by atoms with Crippen LogP contribution in [0.25, 0.3) is 0 Å². The summed E-state index contributed by atoms with van der Waals surface area (Å²) in [7, 11) is 0. The zero-order valence-corrected chi connectivity index (χ0v) is 19.5. The lowest BCUT2D eigenvalue weighted by atomic mass is 9.75. The van der Waals surface area contributed by atoms with E-state index in [9.17, 15) is 10.1 Å². The van der Waals surface area contributed by atoms with Gasteiger partial charge in [0.1, 0.15) is 5.82 Å². The fourth-order valence-corrected chi connectivity index (χ4v) is 5.31. The molecule has 1 aliphatic heterocycles. The zero-order valence-electron chi connectivity index (χ0n) is 17.9. The maximum absolute atomic E-state index is 13.1. The van der Waals surface area contributed by atoms with Crippen LogP contribution in [0.4, 0.5) is 5.69 Å². The molecule has 1 aromatic heterocycles. The van der Waals surface area contributed by atoms with Crippen LogP contribution in [-0.2, 0) is 4.79 Å². The summed E-state index contributed by atoms with van der Waals surface area (Å²) in [6.07, 6.45) is 2.04. The highest BCUT2D eigenvalue weighted by Gasteiger charge is 2.41. The molecule has 2 aromatic rings. The lowest BCUT2D eigenvalue weighted by molar-refractivity contribution is -0.116. The van der Waals surface area contributed by atoms with Crippen LogP contribution in [0.15, 0.2) is 53.0 Å². The summed E-state index contributed by atoms with van der Waals surface area (Å²) in [5.74, 6) is 0.113. The minimum Gasteiger partial charge on any atom is -0.397 e. The number of nitriles is 1. The smallest absolute Gasteiger partial charge is 0.161 e. The van der Waals surface area contributed by atoms with Crippen molar-refractivity contribution in [3.8, 4) is 6.07 Å². The van der Waals surface area contributed by atoms with Gasteiger partial charge in [0.15, 0.2) is 5.78 Å². The van der Waals surface area contributed by atoms with Crippen molar-refractivity contribution in [2.24, 2.45) is 5.73 Å². The number of hydrogen-bond donors (Lipinski definition) is 2. The Balaban J connectivity index is 0.000000858. The maximum atomic E-state index is 13.1. The van der Waals surface area contributed by atoms with Crippen molar-refractivity contribution in [3.05, 3.63) is 73.3 Å². The van der Waals surface area contributed by atoms with E-state index < -0.39 is 0 Å². The second-order valence-electron chi connectivity index (χ2n) is 7.48. The average Bonchev–Trinajstić information content (AvgIpc) is 3.06. The average molecular weight is 456 g/mol. The first-order valence-corrected chi connectivity index (χ1v) is 11.4. The van der Waals surface area contributed by atoms with E-state index in [0.717, 1.165) is 39.5 Å². The Morgan fingerprint density at radius 1 is 1.29 bits per heavy atom. The number of allylic oxidation sites excluding steroid dienone is 3. The molecule has 1 aromatic carbocycles. The molecule has 3 N–H and O–H groups in total. The molecule has 0 radical (unpaired) electrons. The van der Waals surface area contributed by atoms with Crippen LogP contribution >= 0.6 is 22.9 Å². The number of aliphatic hydroxyl groups excluding tert-OH is 1. The molecule has 0 amide bonds. The summed E-state index contributed by atoms with van der Waals surface area (Å²) in [4.78, 5) is 17.2. The summed E-state index contributed by atoms with van der Waals surface area (Å²) in [5.41, 5.74) is 10.4. The van der Waals surface area contributed by atoms with Gasteiger partial charge >= 0.3 is 0 Å². The molecule has 0 bridgehead atoms. The molecule has 2 heterocycles. The number of ketones is 1. The number of halogens is 1. The molecule has 2 aliphatic rings. The second kappa shape index (κ2) is 9.69. The SMILES string of the molecule is CCO.Cc1cc(C2C(C#N)=C(N)N(c3ccc(Cl)cc3)C3=C2C(=O)CCC3)c(C)s1. The molecule has 0 spiro atoms. The number of carbonyl (C=O) groups is 1. The van der Waals surface area contributed by atoms with Crippen LogP contribution in [0.5, 0.6) is 0 Å². The van der Waals surface area contributed by atoms with Gasteiger partial charge in [0.25, 0.3) is 0 Å². The normalized spacial score (nSPS) is 18.4. The first-order valence-electron chi connectivity index (χ1n) is 10.2. The molecule has 0 saturated carbocycles. The van der Waals surface area contributed by atoms with Crippen LogP contribution in [0, 0.1) is 25.2 Å². The van der Waals surface area contributed by atoms with Crippen molar-refractivity contribution in [2.45, 2.75) is 46.0 Å². The molecule has 4 rings (SSSR count). The van der Waals surface area contributed by atoms with Crippen LogP contribution in [-0.4, -0.2) is 17.5 Å². The van der Waals surface area contributed by atoms with Gasteiger partial charge in [-0.2, -0.15) is 5.26 Å². The van der Waals surface area contributed by atoms with E-state index in [0.29, 0.717) is 28.4 Å². The van der Waals surface area contributed by atoms with Gasteiger partial charge in [0, 0.05) is 44.8 Å². The summed E-state index contributed by atoms with van der Waals surface area (Å²) >= 11 is 7.73. The van der Waals surface area contributed by atoms with Crippen LogP contribution < -0.4 is 10.6 Å². The first kappa shape index (κ1) is 23.1. The number of thiophene rings is 1. The van der Waals surface area contributed by atoms with Gasteiger partial charge in [-0.05, 0) is 69.5 Å². The number of hydrogen-bond acceptors (Lipinski definition) is 6. The predicted octanol–water partition coefficient (Wildman–Crippen LogP) is 5.32. The topological polar surface area (TPSA) is 90.3 Å². The van der Waals surface area contributed by atoms with Gasteiger partial charge in [-0.3, -0.25) is 9.69 Å². The van der Waals surface area contributed by atoms with Crippen LogP contribution in [0.2, 0.25) is 5.02 Å². The first-order chi connectivity index (χ1) is 14.8. The van der Waals surface area contributed by atoms with Gasteiger partial charge < -0.3 is 10.8 Å². The molecule has 7 heteroatoms. The molecule has 5 nitrogen and oxygen atoms in total. The molecule has 162 valence electrons. The Morgan fingerprint density at radius 2 is 1.94 bits per heavy atom. The van der Waals surface area contributed by atoms with E-state index in [1.54, 1.807) is 30.4 Å². The zero-order chi connectivity index (χ0) is 22.7. The van der Waals surface area contributed by atoms with Crippen molar-refractivity contribution >= 4 is 34.4 Å². The van der Waals surface area contributed by atoms with Gasteiger partial charge in [0.2, 0.25) is 0 Å². The van der Waals surface area contributed by atoms with Crippen molar-refractivity contribution in [1.82, 2.24) is 0 Å². The minimum absolute atomic E-state index is 0.105. The van der Waals surface area contributed by atoms with Crippen LogP contribution in [0.1, 0.15) is 47.4 Å². The van der Waals surface area contributed by atoms with Gasteiger partial charge in [0.05, 0.1) is 17.6 Å². The minimum atomic E-state index is -0.388. The Labute approximate surface area is 192 Å². The number of aliphatic hydroxyl groups is 1. The summed E-state index contributed by atoms with van der Waals surface area (Å²) in [6.45, 7) is 6.01. The number of Topliss-reactive ketones (excluding diaryl/α,β-unsaturated/α-hetero) is 1. The lowest BCUT2D eigenvalue weighted by Crippen LogP contribution is -2.38. The third kappa shape index (κ3) is 4.40. The fourth-order valence-electron chi connectivity index (χ4n) is 4.22. The van der Waals surface area contributed by atoms with E-state index in [-0.39, 0.29) is 18.3 Å². The predicted molar refractivity (Wildman–Crippen MR) is 126 cm³/mol. The number of nitrogens with two attached hydrogens (primary N) is 1. The highest BCUT2D eigenvalue weighted by Crippen LogP contribution is 2.48. The second-order valence-corrected chi connectivity index (χ2v) is 9.37. The molecule has 1 aliphatic carbocycles. The van der Waals surface area contributed by atoms with Gasteiger partial charge in [-0.25, -0.2) is 0 Å². The summed E-state index contributed by atoms with van der Waals surface area (Å²) in [6, 6.07) is 11.7. The number of aryl methyl sites for hydroxylation is 2. The molecule has 0 fully saturated rings. The number of nitrogens with zero attached hydrogens (tertiary/aromatic N) is 2. The summed E-state index contributed by atoms with van der Waals surface area (Å²) in [5, 5.41) is 18.2. The third-order valence-corrected chi connectivity index (χ3v) is 6.62. The Morgan fingerprint density at radius 3 is 2.48 bits per heavy atom. The Kier molecular flexibility index (Phi) is 7.22. The van der Waals surface area contributed by atoms with Crippen LogP contribution in [0.3, 0.4) is 0 Å². The van der Waals surface area contributed by atoms with E-state index >= 15 is 0 Å². The number of benzene rings is 1. The standard InChI is InChI=1S/C22H20ClN3OS.C2H6O/c1-12-10-16(13(2)28-12)20-17(11-24)22(25)26(15-8-6-14(23)7-9-15)18-4-3-5-19(27)21(18)20;1-2-3/h6-10,20H,3-5,25H2,1-2H3;3H,2H2,1H3. The largest absolute Gasteiger partial charge is 0.397 e. The quantitative estimate of drug-likeness (QED) is 0.639. The molecule has 31 heavy (non-hydrogen) atoms.